The van der Waals surface area contributed by atoms with E-state index < -0.39 is 7.60 Å². The van der Waals surface area contributed by atoms with Crippen LogP contribution in [0.3, 0.4) is 0 Å². The molecule has 0 amide bonds. The van der Waals surface area contributed by atoms with Crippen LogP contribution in [-0.2, 0) is 13.6 Å². The van der Waals surface area contributed by atoms with Gasteiger partial charge in [-0.3, -0.25) is 14.5 Å². The predicted molar refractivity (Wildman–Crippen MR) is 100 cm³/mol. The predicted octanol–water partition coefficient (Wildman–Crippen LogP) is 4.26. The lowest BCUT2D eigenvalue weighted by molar-refractivity contribution is 0.230. The number of hydrogen-bond donors (Lipinski definition) is 1. The Bertz CT molecular complexity index is 814. The zero-order valence-electron chi connectivity index (χ0n) is 15.3. The molecule has 0 unspecified atom stereocenters. The second-order valence-corrected chi connectivity index (χ2v) is 7.34. The molecule has 0 radical (unpaired) electrons. The summed E-state index contributed by atoms with van der Waals surface area (Å²) < 4.78 is 29.5. The van der Waals surface area contributed by atoms with Crippen LogP contribution in [0.4, 0.5) is 0 Å². The first-order chi connectivity index (χ1) is 12.4. The minimum atomic E-state index is -3.61. The number of nitrogens with zero attached hydrogens (tertiary/aromatic N) is 2. The molecular formula is C18H23N2O5P. The molecule has 26 heavy (non-hydrogen) atoms. The van der Waals surface area contributed by atoms with Gasteiger partial charge in [0, 0.05) is 12.4 Å². The molecular weight excluding hydrogens is 355 g/mol. The van der Waals surface area contributed by atoms with Crippen molar-refractivity contribution >= 4 is 19.0 Å². The highest BCUT2D eigenvalue weighted by atomic mass is 31.2. The summed E-state index contributed by atoms with van der Waals surface area (Å²) in [6, 6.07) is 3.39. The van der Waals surface area contributed by atoms with Gasteiger partial charge in [-0.25, -0.2) is 0 Å². The summed E-state index contributed by atoms with van der Waals surface area (Å²) >= 11 is 0. The number of rotatable bonds is 8. The second-order valence-electron chi connectivity index (χ2n) is 5.34. The Morgan fingerprint density at radius 1 is 1.23 bits per heavy atom. The van der Waals surface area contributed by atoms with Gasteiger partial charge in [-0.1, -0.05) is 0 Å². The van der Waals surface area contributed by atoms with Crippen LogP contribution >= 0.6 is 7.60 Å². The van der Waals surface area contributed by atoms with E-state index in [1.807, 2.05) is 0 Å². The standard InChI is InChI=1S/C18H23N2O5P/c1-5-24-26(22,25-6-2)17(15-12-19-7-8-20-15)11-14-9-13(3)18(21)16(10-14)23-4/h7-12,21H,5-6H2,1-4H3. The fourth-order valence-corrected chi connectivity index (χ4v) is 4.15. The average Bonchev–Trinajstić information content (AvgIpc) is 2.63. The van der Waals surface area contributed by atoms with Gasteiger partial charge in [0.2, 0.25) is 0 Å². The molecule has 1 aromatic heterocycles. The van der Waals surface area contributed by atoms with Crippen LogP contribution in [0, 0.1) is 6.92 Å². The maximum Gasteiger partial charge on any atom is 0.363 e. The van der Waals surface area contributed by atoms with Crippen LogP contribution in [-0.4, -0.2) is 35.4 Å². The molecule has 0 spiro atoms. The average molecular weight is 378 g/mol. The van der Waals surface area contributed by atoms with E-state index in [4.69, 9.17) is 13.8 Å². The van der Waals surface area contributed by atoms with E-state index in [2.05, 4.69) is 9.97 Å². The molecule has 0 atom stereocenters. The molecule has 0 aliphatic carbocycles. The lowest BCUT2D eigenvalue weighted by atomic mass is 10.1. The maximum absolute atomic E-state index is 13.4. The van der Waals surface area contributed by atoms with Gasteiger partial charge >= 0.3 is 7.60 Å². The maximum atomic E-state index is 13.4. The van der Waals surface area contributed by atoms with Crippen LogP contribution in [0.25, 0.3) is 11.4 Å². The Kier molecular flexibility index (Phi) is 6.91. The molecule has 0 aliphatic rings. The molecule has 1 heterocycles. The van der Waals surface area contributed by atoms with E-state index in [-0.39, 0.29) is 19.0 Å². The molecule has 0 saturated heterocycles. The van der Waals surface area contributed by atoms with Crippen molar-refractivity contribution in [2.24, 2.45) is 0 Å². The molecule has 7 nitrogen and oxygen atoms in total. The first kappa shape index (κ1) is 20.1. The van der Waals surface area contributed by atoms with Gasteiger partial charge in [-0.15, -0.1) is 0 Å². The Morgan fingerprint density at radius 2 is 1.92 bits per heavy atom. The lowest BCUT2D eigenvalue weighted by Crippen LogP contribution is -2.01. The third-order valence-electron chi connectivity index (χ3n) is 3.53. The summed E-state index contributed by atoms with van der Waals surface area (Å²) in [5.41, 5.74) is 1.68. The molecule has 0 saturated carbocycles. The van der Waals surface area contributed by atoms with Crippen molar-refractivity contribution in [3.05, 3.63) is 47.5 Å². The summed E-state index contributed by atoms with van der Waals surface area (Å²) in [4.78, 5) is 8.29. The van der Waals surface area contributed by atoms with E-state index in [1.165, 1.54) is 25.7 Å². The minimum Gasteiger partial charge on any atom is -0.504 e. The van der Waals surface area contributed by atoms with Crippen molar-refractivity contribution in [3.63, 3.8) is 0 Å². The third-order valence-corrected chi connectivity index (χ3v) is 5.67. The number of aryl methyl sites for hydroxylation is 1. The van der Waals surface area contributed by atoms with Gasteiger partial charge in [0.25, 0.3) is 0 Å². The summed E-state index contributed by atoms with van der Waals surface area (Å²) in [5, 5.41) is 10.3. The van der Waals surface area contributed by atoms with Crippen LogP contribution < -0.4 is 4.74 Å². The smallest absolute Gasteiger partial charge is 0.363 e. The SMILES string of the molecule is CCOP(=O)(OCC)C(=Cc1cc(C)c(O)c(OC)c1)c1cnccn1. The number of aromatic hydroxyl groups is 1. The Balaban J connectivity index is 2.66. The van der Waals surface area contributed by atoms with Crippen molar-refractivity contribution in [2.45, 2.75) is 20.8 Å². The van der Waals surface area contributed by atoms with Gasteiger partial charge in [-0.2, -0.15) is 0 Å². The quantitative estimate of drug-likeness (QED) is 0.686. The summed E-state index contributed by atoms with van der Waals surface area (Å²) in [6.07, 6.45) is 6.20. The molecule has 0 aliphatic heterocycles. The van der Waals surface area contributed by atoms with Crippen molar-refractivity contribution in [2.75, 3.05) is 20.3 Å². The Hall–Kier alpha value is -2.21. The Labute approximate surface area is 153 Å². The number of phenols is 1. The Morgan fingerprint density at radius 3 is 2.46 bits per heavy atom. The highest BCUT2D eigenvalue weighted by Gasteiger charge is 2.32. The molecule has 140 valence electrons. The first-order valence-electron chi connectivity index (χ1n) is 8.20. The lowest BCUT2D eigenvalue weighted by Gasteiger charge is -2.20. The summed E-state index contributed by atoms with van der Waals surface area (Å²) in [5.74, 6) is 0.376. The third kappa shape index (κ3) is 4.49. The van der Waals surface area contributed by atoms with Crippen LogP contribution in [0.15, 0.2) is 30.7 Å². The molecule has 2 aromatic rings. The summed E-state index contributed by atoms with van der Waals surface area (Å²) in [6.45, 7) is 5.67. The number of methoxy groups -OCH3 is 1. The van der Waals surface area contributed by atoms with Crippen LogP contribution in [0.5, 0.6) is 11.5 Å². The topological polar surface area (TPSA) is 90.8 Å². The second kappa shape index (κ2) is 8.94. The first-order valence-corrected chi connectivity index (χ1v) is 9.74. The van der Waals surface area contributed by atoms with Crippen molar-refractivity contribution < 1.29 is 23.5 Å². The van der Waals surface area contributed by atoms with E-state index >= 15 is 0 Å². The fraction of sp³-hybridized carbons (Fsp3) is 0.333. The fourth-order valence-electron chi connectivity index (χ4n) is 2.41. The largest absolute Gasteiger partial charge is 0.504 e. The monoisotopic (exact) mass is 378 g/mol. The van der Waals surface area contributed by atoms with Crippen molar-refractivity contribution in [1.82, 2.24) is 9.97 Å². The molecule has 1 N–H and O–H groups in total. The molecule has 2 rings (SSSR count). The van der Waals surface area contributed by atoms with Crippen molar-refractivity contribution in [3.8, 4) is 11.5 Å². The van der Waals surface area contributed by atoms with E-state index in [0.717, 1.165) is 0 Å². The van der Waals surface area contributed by atoms with Crippen LogP contribution in [0.1, 0.15) is 30.7 Å². The van der Waals surface area contributed by atoms with Gasteiger partial charge in [0.15, 0.2) is 11.5 Å². The van der Waals surface area contributed by atoms with Gasteiger partial charge < -0.3 is 18.9 Å². The molecule has 0 fully saturated rings. The highest BCUT2D eigenvalue weighted by Crippen LogP contribution is 2.60. The number of hydrogen-bond acceptors (Lipinski definition) is 7. The zero-order valence-corrected chi connectivity index (χ0v) is 16.2. The van der Waals surface area contributed by atoms with Gasteiger partial charge in [0.1, 0.15) is 0 Å². The van der Waals surface area contributed by atoms with E-state index in [9.17, 15) is 9.67 Å². The van der Waals surface area contributed by atoms with E-state index in [1.54, 1.807) is 39.0 Å². The molecule has 8 heteroatoms. The van der Waals surface area contributed by atoms with E-state index in [0.29, 0.717) is 27.9 Å². The number of aromatic nitrogens is 2. The zero-order chi connectivity index (χ0) is 19.2. The summed E-state index contributed by atoms with van der Waals surface area (Å²) in [7, 11) is -2.14. The minimum absolute atomic E-state index is 0.0588. The van der Waals surface area contributed by atoms with Gasteiger partial charge in [-0.05, 0) is 50.1 Å². The number of benzene rings is 1. The van der Waals surface area contributed by atoms with Crippen LogP contribution in [0.2, 0.25) is 0 Å². The number of phenolic OH excluding ortho intramolecular Hbond substituents is 1. The van der Waals surface area contributed by atoms with Crippen molar-refractivity contribution in [1.29, 1.82) is 0 Å². The highest BCUT2D eigenvalue weighted by molar-refractivity contribution is 7.65. The normalized spacial score (nSPS) is 12.2. The number of ether oxygens (including phenoxy) is 1. The molecule has 1 aromatic carbocycles. The molecule has 0 bridgehead atoms. The van der Waals surface area contributed by atoms with Gasteiger partial charge in [0.05, 0.1) is 37.5 Å².